The van der Waals surface area contributed by atoms with E-state index in [1.54, 1.807) is 13.0 Å². The number of amides is 2. The Morgan fingerprint density at radius 2 is 1.86 bits per heavy atom. The number of aryl methyl sites for hydroxylation is 1. The topological polar surface area (TPSA) is 76.3 Å². The van der Waals surface area contributed by atoms with Crippen molar-refractivity contribution < 1.29 is 27.3 Å². The molecule has 2 aromatic carbocycles. The highest BCUT2D eigenvalue weighted by atomic mass is 35.5. The Balaban J connectivity index is 1.72. The SMILES string of the molecule is Cc1cc(-c2noc(C(F)(F)F)n2)ccc1N1C(=O)c2cccc(Cl)c2C1=O. The first kappa shape index (κ1) is 18.2. The van der Waals surface area contributed by atoms with Gasteiger partial charge in [-0.15, -0.1) is 0 Å². The predicted octanol–water partition coefficient (Wildman–Crippen LogP) is 4.52. The number of halogens is 4. The van der Waals surface area contributed by atoms with Gasteiger partial charge in [0.2, 0.25) is 5.82 Å². The Labute approximate surface area is 160 Å². The first-order chi connectivity index (χ1) is 13.2. The highest BCUT2D eigenvalue weighted by molar-refractivity contribution is 6.42. The van der Waals surface area contributed by atoms with E-state index < -0.39 is 23.9 Å². The van der Waals surface area contributed by atoms with Crippen LogP contribution in [0.2, 0.25) is 5.02 Å². The van der Waals surface area contributed by atoms with Gasteiger partial charge in [0.25, 0.3) is 11.8 Å². The molecule has 2 amide bonds. The zero-order valence-electron chi connectivity index (χ0n) is 14.0. The van der Waals surface area contributed by atoms with E-state index in [-0.39, 0.29) is 33.2 Å². The molecule has 3 aromatic rings. The molecule has 2 heterocycles. The van der Waals surface area contributed by atoms with Crippen LogP contribution in [0.25, 0.3) is 11.4 Å². The molecule has 0 saturated carbocycles. The maximum absolute atomic E-state index is 12.7. The molecule has 0 N–H and O–H groups in total. The summed E-state index contributed by atoms with van der Waals surface area (Å²) in [5, 5.41) is 3.49. The lowest BCUT2D eigenvalue weighted by molar-refractivity contribution is -0.159. The lowest BCUT2D eigenvalue weighted by Crippen LogP contribution is -2.30. The van der Waals surface area contributed by atoms with E-state index in [1.807, 2.05) is 0 Å². The second-order valence-corrected chi connectivity index (χ2v) is 6.44. The predicted molar refractivity (Wildman–Crippen MR) is 92.1 cm³/mol. The van der Waals surface area contributed by atoms with E-state index in [1.165, 1.54) is 30.3 Å². The minimum absolute atomic E-state index is 0.116. The van der Waals surface area contributed by atoms with Gasteiger partial charge in [-0.25, -0.2) is 4.90 Å². The standard InChI is InChI=1S/C18H9ClF3N3O3/c1-8-7-9(14-23-17(28-24-14)18(20,21)22)5-6-12(8)25-15(26)10-3-2-4-11(19)13(10)16(25)27/h2-7H,1H3. The monoisotopic (exact) mass is 407 g/mol. The normalized spacial score (nSPS) is 14.0. The summed E-state index contributed by atoms with van der Waals surface area (Å²) in [4.78, 5) is 29.7. The van der Waals surface area contributed by atoms with Crippen molar-refractivity contribution in [3.05, 3.63) is 64.0 Å². The molecule has 0 bridgehead atoms. The van der Waals surface area contributed by atoms with E-state index >= 15 is 0 Å². The van der Waals surface area contributed by atoms with E-state index in [9.17, 15) is 22.8 Å². The maximum atomic E-state index is 12.7. The zero-order chi connectivity index (χ0) is 20.2. The number of rotatable bonds is 2. The number of fused-ring (bicyclic) bond motifs is 1. The van der Waals surface area contributed by atoms with Gasteiger partial charge in [0.15, 0.2) is 0 Å². The minimum Gasteiger partial charge on any atom is -0.329 e. The molecule has 0 atom stereocenters. The molecule has 0 spiro atoms. The summed E-state index contributed by atoms with van der Waals surface area (Å²) in [6.45, 7) is 1.61. The molecular weight excluding hydrogens is 399 g/mol. The van der Waals surface area contributed by atoms with Crippen LogP contribution >= 0.6 is 11.6 Å². The van der Waals surface area contributed by atoms with Crippen molar-refractivity contribution in [3.8, 4) is 11.4 Å². The lowest BCUT2D eigenvalue weighted by Gasteiger charge is -2.17. The molecule has 28 heavy (non-hydrogen) atoms. The van der Waals surface area contributed by atoms with Crippen molar-refractivity contribution in [3.63, 3.8) is 0 Å². The third-order valence-electron chi connectivity index (χ3n) is 4.23. The molecule has 0 aliphatic carbocycles. The third-order valence-corrected chi connectivity index (χ3v) is 4.54. The van der Waals surface area contributed by atoms with Crippen molar-refractivity contribution in [1.82, 2.24) is 10.1 Å². The first-order valence-corrected chi connectivity index (χ1v) is 8.25. The van der Waals surface area contributed by atoms with Crippen LogP contribution in [0.1, 0.15) is 32.2 Å². The van der Waals surface area contributed by atoms with Gasteiger partial charge < -0.3 is 4.52 Å². The van der Waals surface area contributed by atoms with Gasteiger partial charge in [-0.1, -0.05) is 22.8 Å². The molecule has 0 saturated heterocycles. The number of imide groups is 1. The average Bonchev–Trinajstić information content (AvgIpc) is 3.21. The summed E-state index contributed by atoms with van der Waals surface area (Å²) < 4.78 is 42.1. The van der Waals surface area contributed by atoms with Crippen molar-refractivity contribution in [2.45, 2.75) is 13.1 Å². The van der Waals surface area contributed by atoms with E-state index in [0.29, 0.717) is 5.56 Å². The van der Waals surface area contributed by atoms with E-state index in [0.717, 1.165) is 4.90 Å². The Kier molecular flexibility index (Phi) is 4.00. The van der Waals surface area contributed by atoms with E-state index in [2.05, 4.69) is 14.7 Å². The van der Waals surface area contributed by atoms with Gasteiger partial charge in [-0.2, -0.15) is 18.2 Å². The summed E-state index contributed by atoms with van der Waals surface area (Å²) in [5.41, 5.74) is 1.29. The summed E-state index contributed by atoms with van der Waals surface area (Å²) in [7, 11) is 0. The first-order valence-electron chi connectivity index (χ1n) is 7.87. The molecule has 142 valence electrons. The van der Waals surface area contributed by atoms with Crippen molar-refractivity contribution in [2.24, 2.45) is 0 Å². The molecule has 1 aliphatic heterocycles. The number of carbonyl (C=O) groups excluding carboxylic acids is 2. The molecule has 10 heteroatoms. The van der Waals surface area contributed by atoms with Crippen LogP contribution in [0.15, 0.2) is 40.9 Å². The fraction of sp³-hybridized carbons (Fsp3) is 0.111. The highest BCUT2D eigenvalue weighted by Crippen LogP contribution is 2.36. The maximum Gasteiger partial charge on any atom is 0.471 e. The molecule has 0 fully saturated rings. The smallest absolute Gasteiger partial charge is 0.329 e. The minimum atomic E-state index is -4.75. The van der Waals surface area contributed by atoms with Crippen molar-refractivity contribution in [1.29, 1.82) is 0 Å². The van der Waals surface area contributed by atoms with Crippen LogP contribution in [0.3, 0.4) is 0 Å². The molecule has 1 aliphatic rings. The highest BCUT2D eigenvalue weighted by Gasteiger charge is 2.40. The number of aromatic nitrogens is 2. The fourth-order valence-electron chi connectivity index (χ4n) is 2.96. The second kappa shape index (κ2) is 6.16. The molecule has 1 aromatic heterocycles. The Hall–Kier alpha value is -3.20. The number of carbonyl (C=O) groups is 2. The molecule has 4 rings (SSSR count). The van der Waals surface area contributed by atoms with Gasteiger partial charge in [0.1, 0.15) is 0 Å². The van der Waals surface area contributed by atoms with Crippen LogP contribution in [0.4, 0.5) is 18.9 Å². The average molecular weight is 408 g/mol. The van der Waals surface area contributed by atoms with Crippen LogP contribution in [-0.2, 0) is 6.18 Å². The van der Waals surface area contributed by atoms with Gasteiger partial charge in [0, 0.05) is 5.56 Å². The Bertz CT molecular complexity index is 1140. The second-order valence-electron chi connectivity index (χ2n) is 6.03. The van der Waals surface area contributed by atoms with Crippen LogP contribution < -0.4 is 4.90 Å². The van der Waals surface area contributed by atoms with Gasteiger partial charge in [-0.05, 0) is 42.8 Å². The van der Waals surface area contributed by atoms with Crippen molar-refractivity contribution in [2.75, 3.05) is 4.90 Å². The summed E-state index contributed by atoms with van der Waals surface area (Å²) in [5.74, 6) is -2.82. The van der Waals surface area contributed by atoms with E-state index in [4.69, 9.17) is 11.6 Å². The number of benzene rings is 2. The lowest BCUT2D eigenvalue weighted by atomic mass is 10.1. The number of hydrogen-bond acceptors (Lipinski definition) is 5. The number of alkyl halides is 3. The number of nitrogens with zero attached hydrogens (tertiary/aromatic N) is 3. The molecule has 0 radical (unpaired) electrons. The molecule has 0 unspecified atom stereocenters. The molecular formula is C18H9ClF3N3O3. The Morgan fingerprint density at radius 1 is 1.11 bits per heavy atom. The summed E-state index contributed by atoms with van der Waals surface area (Å²) in [6, 6.07) is 8.89. The number of anilines is 1. The van der Waals surface area contributed by atoms with Gasteiger partial charge in [0.05, 0.1) is 21.8 Å². The largest absolute Gasteiger partial charge is 0.471 e. The zero-order valence-corrected chi connectivity index (χ0v) is 14.8. The quantitative estimate of drug-likeness (QED) is 0.584. The van der Waals surface area contributed by atoms with Crippen molar-refractivity contribution >= 4 is 29.1 Å². The van der Waals surface area contributed by atoms with Crippen LogP contribution in [0, 0.1) is 6.92 Å². The summed E-state index contributed by atoms with van der Waals surface area (Å²) in [6.07, 6.45) is -4.75. The van der Waals surface area contributed by atoms with Gasteiger partial charge >= 0.3 is 12.1 Å². The molecule has 6 nitrogen and oxygen atoms in total. The van der Waals surface area contributed by atoms with Crippen LogP contribution in [-0.4, -0.2) is 22.0 Å². The summed E-state index contributed by atoms with van der Waals surface area (Å²) >= 11 is 6.05. The fourth-order valence-corrected chi connectivity index (χ4v) is 3.22. The number of hydrogen-bond donors (Lipinski definition) is 0. The third kappa shape index (κ3) is 2.75. The van der Waals surface area contributed by atoms with Gasteiger partial charge in [-0.3, -0.25) is 9.59 Å². The Morgan fingerprint density at radius 3 is 2.46 bits per heavy atom. The van der Waals surface area contributed by atoms with Crippen LogP contribution in [0.5, 0.6) is 0 Å².